The lowest BCUT2D eigenvalue weighted by Gasteiger charge is -2.18. The van der Waals surface area contributed by atoms with Crippen molar-refractivity contribution in [2.24, 2.45) is 11.8 Å². The number of carbonyl (C=O) groups excluding carboxylic acids is 1. The molecule has 0 spiro atoms. The summed E-state index contributed by atoms with van der Waals surface area (Å²) in [5.41, 5.74) is 0.475. The molecule has 148 valence electrons. The third-order valence-electron chi connectivity index (χ3n) is 4.53. The molecule has 0 aliphatic carbocycles. The number of nitrogens with zero attached hydrogens (tertiary/aromatic N) is 2. The Balaban J connectivity index is 2.30. The lowest BCUT2D eigenvalue weighted by atomic mass is 10.1. The highest BCUT2D eigenvalue weighted by Crippen LogP contribution is 2.21. The highest BCUT2D eigenvalue weighted by atomic mass is 35.5. The second-order valence-electron chi connectivity index (χ2n) is 7.58. The standard InChI is InChI=1S/C20H28ClN3O2S/c1-12(2)8-9-24-19(26)16-7-6-15(21)10-17(16)23-20(24)27-11-18(25)22-14(5)13(3)4/h6-7,10,12-14H,8-9,11H2,1-5H3,(H,22,25)/t14-/m0/s1. The minimum atomic E-state index is -0.0872. The van der Waals surface area contributed by atoms with Crippen LogP contribution in [-0.2, 0) is 11.3 Å². The first-order chi connectivity index (χ1) is 12.7. The summed E-state index contributed by atoms with van der Waals surface area (Å²) in [6.45, 7) is 10.9. The van der Waals surface area contributed by atoms with Gasteiger partial charge in [0.1, 0.15) is 0 Å². The number of benzene rings is 1. The van der Waals surface area contributed by atoms with E-state index in [1.165, 1.54) is 11.8 Å². The fraction of sp³-hybridized carbons (Fsp3) is 0.550. The number of thioether (sulfide) groups is 1. The van der Waals surface area contributed by atoms with Crippen molar-refractivity contribution in [3.63, 3.8) is 0 Å². The molecule has 2 rings (SSSR count). The lowest BCUT2D eigenvalue weighted by molar-refractivity contribution is -0.119. The molecule has 0 saturated heterocycles. The number of halogens is 1. The molecule has 1 aromatic carbocycles. The largest absolute Gasteiger partial charge is 0.353 e. The van der Waals surface area contributed by atoms with E-state index in [4.69, 9.17) is 11.6 Å². The summed E-state index contributed by atoms with van der Waals surface area (Å²) in [4.78, 5) is 29.8. The zero-order valence-electron chi connectivity index (χ0n) is 16.6. The Labute approximate surface area is 169 Å². The van der Waals surface area contributed by atoms with Crippen LogP contribution in [0.25, 0.3) is 10.9 Å². The molecule has 1 N–H and O–H groups in total. The normalized spacial score (nSPS) is 12.7. The number of hydrogen-bond acceptors (Lipinski definition) is 4. The molecule has 1 aromatic heterocycles. The van der Waals surface area contributed by atoms with Gasteiger partial charge >= 0.3 is 0 Å². The third kappa shape index (κ3) is 5.98. The molecule has 0 radical (unpaired) electrons. The molecule has 1 atom stereocenters. The molecule has 27 heavy (non-hydrogen) atoms. The Morgan fingerprint density at radius 1 is 1.26 bits per heavy atom. The minimum Gasteiger partial charge on any atom is -0.353 e. The molecule has 0 bridgehead atoms. The fourth-order valence-corrected chi connectivity index (χ4v) is 3.46. The predicted molar refractivity (Wildman–Crippen MR) is 114 cm³/mol. The minimum absolute atomic E-state index is 0.0583. The van der Waals surface area contributed by atoms with E-state index in [1.807, 2.05) is 6.92 Å². The van der Waals surface area contributed by atoms with Crippen molar-refractivity contribution >= 4 is 40.2 Å². The van der Waals surface area contributed by atoms with Gasteiger partial charge in [0.2, 0.25) is 5.91 Å². The van der Waals surface area contributed by atoms with Crippen molar-refractivity contribution in [1.82, 2.24) is 14.9 Å². The van der Waals surface area contributed by atoms with Crippen LogP contribution in [0.4, 0.5) is 0 Å². The first kappa shape index (κ1) is 21.8. The monoisotopic (exact) mass is 409 g/mol. The van der Waals surface area contributed by atoms with Gasteiger partial charge in [-0.05, 0) is 43.4 Å². The first-order valence-electron chi connectivity index (χ1n) is 9.31. The Morgan fingerprint density at radius 3 is 2.59 bits per heavy atom. The molecule has 1 heterocycles. The van der Waals surface area contributed by atoms with Crippen LogP contribution in [-0.4, -0.2) is 27.3 Å². The summed E-state index contributed by atoms with van der Waals surface area (Å²) in [6, 6.07) is 5.21. The predicted octanol–water partition coefficient (Wildman–Crippen LogP) is 4.35. The van der Waals surface area contributed by atoms with Crippen LogP contribution in [0.15, 0.2) is 28.2 Å². The van der Waals surface area contributed by atoms with Gasteiger partial charge in [-0.25, -0.2) is 4.98 Å². The number of hydrogen-bond donors (Lipinski definition) is 1. The van der Waals surface area contributed by atoms with Crippen LogP contribution < -0.4 is 10.9 Å². The topological polar surface area (TPSA) is 64.0 Å². The Morgan fingerprint density at radius 2 is 1.96 bits per heavy atom. The van der Waals surface area contributed by atoms with Crippen LogP contribution in [0, 0.1) is 11.8 Å². The lowest BCUT2D eigenvalue weighted by Crippen LogP contribution is -2.37. The summed E-state index contributed by atoms with van der Waals surface area (Å²) in [6.07, 6.45) is 0.866. The molecule has 7 heteroatoms. The van der Waals surface area contributed by atoms with Gasteiger partial charge in [-0.3, -0.25) is 14.2 Å². The van der Waals surface area contributed by atoms with E-state index in [1.54, 1.807) is 22.8 Å². The van der Waals surface area contributed by atoms with E-state index in [0.717, 1.165) is 6.42 Å². The highest BCUT2D eigenvalue weighted by molar-refractivity contribution is 7.99. The van der Waals surface area contributed by atoms with Gasteiger partial charge in [-0.15, -0.1) is 0 Å². The van der Waals surface area contributed by atoms with Crippen LogP contribution in [0.1, 0.15) is 41.0 Å². The molecule has 0 fully saturated rings. The zero-order valence-corrected chi connectivity index (χ0v) is 18.2. The number of nitrogens with one attached hydrogen (secondary N) is 1. The van der Waals surface area contributed by atoms with Gasteiger partial charge in [0.05, 0.1) is 16.7 Å². The van der Waals surface area contributed by atoms with Crippen LogP contribution in [0.5, 0.6) is 0 Å². The maximum Gasteiger partial charge on any atom is 0.262 e. The number of amides is 1. The number of carbonyl (C=O) groups is 1. The second-order valence-corrected chi connectivity index (χ2v) is 8.96. The quantitative estimate of drug-likeness (QED) is 0.520. The van der Waals surface area contributed by atoms with E-state index in [-0.39, 0.29) is 23.3 Å². The SMILES string of the molecule is CC(C)CCn1c(SCC(=O)N[C@@H](C)C(C)C)nc2cc(Cl)ccc2c1=O. The van der Waals surface area contributed by atoms with Crippen molar-refractivity contribution in [3.8, 4) is 0 Å². The third-order valence-corrected chi connectivity index (χ3v) is 5.74. The summed E-state index contributed by atoms with van der Waals surface area (Å²) in [7, 11) is 0. The van der Waals surface area contributed by atoms with Crippen molar-refractivity contribution in [2.75, 3.05) is 5.75 Å². The molecule has 0 unspecified atom stereocenters. The average Bonchev–Trinajstić information content (AvgIpc) is 2.58. The fourth-order valence-electron chi connectivity index (χ4n) is 2.46. The molecular formula is C20H28ClN3O2S. The van der Waals surface area contributed by atoms with E-state index in [2.05, 4.69) is 38.0 Å². The van der Waals surface area contributed by atoms with E-state index >= 15 is 0 Å². The molecule has 5 nitrogen and oxygen atoms in total. The summed E-state index contributed by atoms with van der Waals surface area (Å²) in [5.74, 6) is 0.990. The maximum absolute atomic E-state index is 13.0. The molecule has 2 aromatic rings. The molecular weight excluding hydrogens is 382 g/mol. The van der Waals surface area contributed by atoms with Crippen molar-refractivity contribution in [2.45, 2.75) is 58.8 Å². The number of aromatic nitrogens is 2. The van der Waals surface area contributed by atoms with Crippen molar-refractivity contribution < 1.29 is 4.79 Å². The molecule has 1 amide bonds. The van der Waals surface area contributed by atoms with E-state index in [9.17, 15) is 9.59 Å². The van der Waals surface area contributed by atoms with Crippen molar-refractivity contribution in [3.05, 3.63) is 33.6 Å². The number of rotatable bonds is 8. The van der Waals surface area contributed by atoms with E-state index in [0.29, 0.717) is 39.5 Å². The van der Waals surface area contributed by atoms with Crippen LogP contribution in [0.2, 0.25) is 5.02 Å². The van der Waals surface area contributed by atoms with Gasteiger partial charge in [0.15, 0.2) is 5.16 Å². The van der Waals surface area contributed by atoms with Crippen molar-refractivity contribution in [1.29, 1.82) is 0 Å². The summed E-state index contributed by atoms with van der Waals surface area (Å²) in [5, 5.41) is 4.62. The Bertz CT molecular complexity index is 864. The first-order valence-corrected chi connectivity index (χ1v) is 10.7. The second kappa shape index (κ2) is 9.60. The Kier molecular flexibility index (Phi) is 7.74. The van der Waals surface area contributed by atoms with E-state index < -0.39 is 0 Å². The number of fused-ring (bicyclic) bond motifs is 1. The average molecular weight is 410 g/mol. The highest BCUT2D eigenvalue weighted by Gasteiger charge is 2.16. The Hall–Kier alpha value is -1.53. The van der Waals surface area contributed by atoms with Crippen LogP contribution >= 0.6 is 23.4 Å². The molecule has 0 aliphatic rings. The van der Waals surface area contributed by atoms with Gasteiger partial charge in [0, 0.05) is 17.6 Å². The van der Waals surface area contributed by atoms with Gasteiger partial charge in [-0.2, -0.15) is 0 Å². The summed E-state index contributed by atoms with van der Waals surface area (Å²) < 4.78 is 1.68. The molecule has 0 aliphatic heterocycles. The maximum atomic E-state index is 13.0. The molecule has 0 saturated carbocycles. The smallest absolute Gasteiger partial charge is 0.262 e. The van der Waals surface area contributed by atoms with Crippen LogP contribution in [0.3, 0.4) is 0 Å². The van der Waals surface area contributed by atoms with Gasteiger partial charge in [-0.1, -0.05) is 51.1 Å². The van der Waals surface area contributed by atoms with Gasteiger partial charge < -0.3 is 5.32 Å². The summed E-state index contributed by atoms with van der Waals surface area (Å²) >= 11 is 7.35. The van der Waals surface area contributed by atoms with Gasteiger partial charge in [0.25, 0.3) is 5.56 Å². The zero-order chi connectivity index (χ0) is 20.1.